The molecule has 3 aromatic rings. The molecule has 158 valence electrons. The maximum absolute atomic E-state index is 12.5. The molecule has 0 bridgehead atoms. The number of carbonyl (C=O) groups excluding carboxylic acids is 1. The van der Waals surface area contributed by atoms with Crippen LogP contribution < -0.4 is 10.6 Å². The van der Waals surface area contributed by atoms with E-state index in [1.54, 1.807) is 0 Å². The Bertz CT molecular complexity index is 966. The molecule has 0 radical (unpaired) electrons. The highest BCUT2D eigenvalue weighted by Gasteiger charge is 2.15. The molecule has 1 fully saturated rings. The Morgan fingerprint density at radius 3 is 2.70 bits per heavy atom. The number of hydrogen-bond acceptors (Lipinski definition) is 5. The number of aromatic nitrogens is 4. The summed E-state index contributed by atoms with van der Waals surface area (Å²) in [6.45, 7) is 4.85. The van der Waals surface area contributed by atoms with Crippen molar-refractivity contribution in [3.63, 3.8) is 0 Å². The first-order chi connectivity index (χ1) is 14.2. The standard InChI is InChI=1S/C22H26N6O.ClH/c1-2-28-26-22(25-27-28)19-4-3-5-20(14-19)24-21(29)13-17-8-6-16(7-9-17)12-18-10-11-23-15-18;/h3-9,14,18,23H,2,10-13,15H2,1H3,(H,24,29);1H. The van der Waals surface area contributed by atoms with E-state index in [4.69, 9.17) is 0 Å². The molecule has 1 atom stereocenters. The van der Waals surface area contributed by atoms with E-state index in [0.29, 0.717) is 18.8 Å². The van der Waals surface area contributed by atoms with Crippen LogP contribution in [0.5, 0.6) is 0 Å². The van der Waals surface area contributed by atoms with Gasteiger partial charge >= 0.3 is 0 Å². The molecule has 1 aliphatic rings. The Hall–Kier alpha value is -2.77. The monoisotopic (exact) mass is 426 g/mol. The fourth-order valence-corrected chi connectivity index (χ4v) is 3.63. The second kappa shape index (κ2) is 10.3. The summed E-state index contributed by atoms with van der Waals surface area (Å²) in [7, 11) is 0. The zero-order chi connectivity index (χ0) is 20.1. The maximum Gasteiger partial charge on any atom is 0.228 e. The minimum Gasteiger partial charge on any atom is -0.326 e. The molecule has 0 spiro atoms. The predicted octanol–water partition coefficient (Wildman–Crippen LogP) is 3.12. The number of nitrogens with one attached hydrogen (secondary N) is 2. The van der Waals surface area contributed by atoms with E-state index >= 15 is 0 Å². The third-order valence-corrected chi connectivity index (χ3v) is 5.21. The van der Waals surface area contributed by atoms with Gasteiger partial charge in [0.2, 0.25) is 11.7 Å². The van der Waals surface area contributed by atoms with Crippen molar-refractivity contribution in [2.45, 2.75) is 32.7 Å². The third kappa shape index (κ3) is 5.64. The first-order valence-corrected chi connectivity index (χ1v) is 10.2. The van der Waals surface area contributed by atoms with E-state index in [1.165, 1.54) is 16.8 Å². The van der Waals surface area contributed by atoms with Crippen LogP contribution in [-0.2, 0) is 24.2 Å². The van der Waals surface area contributed by atoms with Gasteiger partial charge < -0.3 is 10.6 Å². The summed E-state index contributed by atoms with van der Waals surface area (Å²) in [5.41, 5.74) is 3.90. The van der Waals surface area contributed by atoms with E-state index < -0.39 is 0 Å². The highest BCUT2D eigenvalue weighted by molar-refractivity contribution is 5.92. The number of rotatable bonds is 7. The van der Waals surface area contributed by atoms with Crippen molar-refractivity contribution in [1.82, 2.24) is 25.5 Å². The van der Waals surface area contributed by atoms with Crippen molar-refractivity contribution in [3.8, 4) is 11.4 Å². The van der Waals surface area contributed by atoms with Gasteiger partial charge in [-0.1, -0.05) is 36.4 Å². The Labute approximate surface area is 182 Å². The van der Waals surface area contributed by atoms with E-state index in [0.717, 1.165) is 42.2 Å². The molecular weight excluding hydrogens is 400 g/mol. The largest absolute Gasteiger partial charge is 0.326 e. The highest BCUT2D eigenvalue weighted by atomic mass is 35.5. The van der Waals surface area contributed by atoms with E-state index in [2.05, 4.69) is 50.3 Å². The molecule has 4 rings (SSSR count). The summed E-state index contributed by atoms with van der Waals surface area (Å²) in [6.07, 6.45) is 2.69. The Morgan fingerprint density at radius 2 is 2.00 bits per heavy atom. The minimum atomic E-state index is -0.0416. The molecule has 1 unspecified atom stereocenters. The van der Waals surface area contributed by atoms with Crippen molar-refractivity contribution in [3.05, 3.63) is 59.7 Å². The van der Waals surface area contributed by atoms with Gasteiger partial charge in [0.25, 0.3) is 0 Å². The third-order valence-electron chi connectivity index (χ3n) is 5.21. The van der Waals surface area contributed by atoms with Crippen LogP contribution in [-0.4, -0.2) is 39.2 Å². The van der Waals surface area contributed by atoms with Gasteiger partial charge in [0, 0.05) is 11.3 Å². The zero-order valence-corrected chi connectivity index (χ0v) is 17.9. The molecule has 0 saturated carbocycles. The summed E-state index contributed by atoms with van der Waals surface area (Å²) in [6, 6.07) is 15.9. The van der Waals surface area contributed by atoms with Crippen molar-refractivity contribution >= 4 is 24.0 Å². The molecule has 0 aliphatic carbocycles. The number of anilines is 1. The van der Waals surface area contributed by atoms with Gasteiger partial charge in [0.1, 0.15) is 0 Å². The van der Waals surface area contributed by atoms with E-state index in [1.807, 2.05) is 31.2 Å². The molecule has 2 aromatic carbocycles. The number of aryl methyl sites for hydroxylation is 1. The number of tetrazole rings is 1. The second-order valence-electron chi connectivity index (χ2n) is 7.49. The molecule has 1 aliphatic heterocycles. The summed E-state index contributed by atoms with van der Waals surface area (Å²) < 4.78 is 0. The fourth-order valence-electron chi connectivity index (χ4n) is 3.63. The number of halogens is 1. The average Bonchev–Trinajstić information content (AvgIpc) is 3.41. The lowest BCUT2D eigenvalue weighted by atomic mass is 9.97. The van der Waals surface area contributed by atoms with Crippen LogP contribution in [0.3, 0.4) is 0 Å². The number of nitrogens with zero attached hydrogens (tertiary/aromatic N) is 4. The minimum absolute atomic E-state index is 0. The summed E-state index contributed by atoms with van der Waals surface area (Å²) in [5.74, 6) is 1.24. The summed E-state index contributed by atoms with van der Waals surface area (Å²) in [5, 5.41) is 18.7. The number of carbonyl (C=O) groups is 1. The topological polar surface area (TPSA) is 84.7 Å². The van der Waals surface area contributed by atoms with Crippen LogP contribution >= 0.6 is 12.4 Å². The van der Waals surface area contributed by atoms with Gasteiger partial charge in [0.05, 0.1) is 13.0 Å². The molecule has 8 heteroatoms. The van der Waals surface area contributed by atoms with Gasteiger partial charge in [-0.2, -0.15) is 4.80 Å². The van der Waals surface area contributed by atoms with Crippen LogP contribution in [0.2, 0.25) is 0 Å². The Balaban J connectivity index is 0.00000256. The van der Waals surface area contributed by atoms with Gasteiger partial charge in [-0.05, 0) is 67.2 Å². The normalized spacial score (nSPS) is 15.6. The lowest BCUT2D eigenvalue weighted by Crippen LogP contribution is -2.14. The highest BCUT2D eigenvalue weighted by Crippen LogP contribution is 2.19. The van der Waals surface area contributed by atoms with Crippen molar-refractivity contribution in [2.75, 3.05) is 18.4 Å². The molecule has 7 nitrogen and oxygen atoms in total. The number of hydrogen-bond donors (Lipinski definition) is 2. The first kappa shape index (κ1) is 21.9. The van der Waals surface area contributed by atoms with Crippen molar-refractivity contribution < 1.29 is 4.79 Å². The van der Waals surface area contributed by atoms with Crippen LogP contribution in [0, 0.1) is 5.92 Å². The zero-order valence-electron chi connectivity index (χ0n) is 17.0. The van der Waals surface area contributed by atoms with Gasteiger partial charge in [-0.3, -0.25) is 4.79 Å². The molecular formula is C22H27ClN6O. The smallest absolute Gasteiger partial charge is 0.228 e. The SMILES string of the molecule is CCn1nnc(-c2cccc(NC(=O)Cc3ccc(CC4CCNC4)cc3)c2)n1.Cl. The lowest BCUT2D eigenvalue weighted by molar-refractivity contribution is -0.115. The molecule has 1 saturated heterocycles. The van der Waals surface area contributed by atoms with Crippen LogP contribution in [0.25, 0.3) is 11.4 Å². The van der Waals surface area contributed by atoms with Gasteiger partial charge in [0.15, 0.2) is 0 Å². The van der Waals surface area contributed by atoms with E-state index in [9.17, 15) is 4.79 Å². The van der Waals surface area contributed by atoms with Gasteiger partial charge in [-0.15, -0.1) is 22.6 Å². The van der Waals surface area contributed by atoms with Crippen molar-refractivity contribution in [1.29, 1.82) is 0 Å². The lowest BCUT2D eigenvalue weighted by Gasteiger charge is -2.09. The quantitative estimate of drug-likeness (QED) is 0.606. The Kier molecular flexibility index (Phi) is 7.54. The summed E-state index contributed by atoms with van der Waals surface area (Å²) in [4.78, 5) is 14.0. The van der Waals surface area contributed by atoms with Crippen molar-refractivity contribution in [2.24, 2.45) is 5.92 Å². The summed E-state index contributed by atoms with van der Waals surface area (Å²) >= 11 is 0. The molecule has 30 heavy (non-hydrogen) atoms. The predicted molar refractivity (Wildman–Crippen MR) is 120 cm³/mol. The van der Waals surface area contributed by atoms with E-state index in [-0.39, 0.29) is 18.3 Å². The average molecular weight is 427 g/mol. The first-order valence-electron chi connectivity index (χ1n) is 10.2. The van der Waals surface area contributed by atoms with Crippen LogP contribution in [0.15, 0.2) is 48.5 Å². The van der Waals surface area contributed by atoms with Gasteiger partial charge in [-0.25, -0.2) is 0 Å². The number of amides is 1. The molecule has 1 aromatic heterocycles. The Morgan fingerprint density at radius 1 is 1.20 bits per heavy atom. The number of benzene rings is 2. The fraction of sp³-hybridized carbons (Fsp3) is 0.364. The second-order valence-corrected chi connectivity index (χ2v) is 7.49. The van der Waals surface area contributed by atoms with Crippen LogP contribution in [0.1, 0.15) is 24.5 Å². The molecule has 1 amide bonds. The maximum atomic E-state index is 12.5. The molecule has 2 N–H and O–H groups in total. The molecule has 2 heterocycles. The van der Waals surface area contributed by atoms with Crippen LogP contribution in [0.4, 0.5) is 5.69 Å².